The van der Waals surface area contributed by atoms with Crippen LogP contribution in [0.25, 0.3) is 10.9 Å². The zero-order valence-electron chi connectivity index (χ0n) is 16.6. The Morgan fingerprint density at radius 3 is 2.57 bits per heavy atom. The van der Waals surface area contributed by atoms with Crippen molar-refractivity contribution in [3.8, 4) is 0 Å². The van der Waals surface area contributed by atoms with E-state index in [9.17, 15) is 9.90 Å². The molecule has 5 rings (SSSR count). The van der Waals surface area contributed by atoms with Gasteiger partial charge in [0, 0.05) is 49.4 Å². The number of para-hydroxylation sites is 2. The van der Waals surface area contributed by atoms with Gasteiger partial charge in [-0.1, -0.05) is 42.5 Å². The van der Waals surface area contributed by atoms with Crippen molar-refractivity contribution >= 4 is 22.6 Å². The smallest absolute Gasteiger partial charge is 0.321 e. The Labute approximate surface area is 174 Å². The van der Waals surface area contributed by atoms with Crippen molar-refractivity contribution in [1.29, 1.82) is 0 Å². The van der Waals surface area contributed by atoms with E-state index >= 15 is 0 Å². The summed E-state index contributed by atoms with van der Waals surface area (Å²) in [5.74, 6) is 0. The molecule has 2 saturated heterocycles. The lowest BCUT2D eigenvalue weighted by Crippen LogP contribution is -2.49. The van der Waals surface area contributed by atoms with Gasteiger partial charge in [-0.3, -0.25) is 9.88 Å². The zero-order chi connectivity index (χ0) is 20.5. The number of hydrogen-bond donors (Lipinski definition) is 2. The Bertz CT molecular complexity index is 1070. The maximum Gasteiger partial charge on any atom is 0.321 e. The van der Waals surface area contributed by atoms with Gasteiger partial charge in [0.05, 0.1) is 11.2 Å². The van der Waals surface area contributed by atoms with Gasteiger partial charge in [-0.25, -0.2) is 4.79 Å². The van der Waals surface area contributed by atoms with E-state index in [-0.39, 0.29) is 12.1 Å². The lowest BCUT2D eigenvalue weighted by molar-refractivity contribution is 0.142. The quantitative estimate of drug-likeness (QED) is 0.654. The lowest BCUT2D eigenvalue weighted by atomic mass is 10.1. The molecule has 0 radical (unpaired) electrons. The fraction of sp³-hybridized carbons (Fsp3) is 0.304. The number of amides is 2. The molecule has 2 aliphatic rings. The molecule has 2 N–H and O–H groups in total. The molecule has 2 fully saturated rings. The SMILES string of the molecule is O=C(Nc1ccccc1C1OC1O)N1CCN(Cc2ccc3ccccc3n2)CC1. The minimum atomic E-state index is -0.782. The van der Waals surface area contributed by atoms with E-state index in [2.05, 4.69) is 28.4 Å². The highest BCUT2D eigenvalue weighted by Gasteiger charge is 2.40. The zero-order valence-corrected chi connectivity index (χ0v) is 16.6. The number of epoxide rings is 1. The molecule has 7 nitrogen and oxygen atoms in total. The molecule has 2 unspecified atom stereocenters. The average Bonchev–Trinajstić information content (AvgIpc) is 3.51. The molecule has 3 aromatic rings. The number of carbonyl (C=O) groups is 1. The van der Waals surface area contributed by atoms with Crippen LogP contribution >= 0.6 is 0 Å². The van der Waals surface area contributed by atoms with Gasteiger partial charge in [-0.2, -0.15) is 0 Å². The molecule has 7 heteroatoms. The first-order valence-corrected chi connectivity index (χ1v) is 10.2. The third kappa shape index (κ3) is 4.00. The van der Waals surface area contributed by atoms with Gasteiger partial charge < -0.3 is 20.1 Å². The van der Waals surface area contributed by atoms with Crippen LogP contribution in [-0.4, -0.2) is 58.4 Å². The minimum Gasteiger partial charge on any atom is -0.366 e. The summed E-state index contributed by atoms with van der Waals surface area (Å²) in [4.78, 5) is 21.6. The number of pyridine rings is 1. The molecular formula is C23H24N4O3. The highest BCUT2D eigenvalue weighted by atomic mass is 16.7. The summed E-state index contributed by atoms with van der Waals surface area (Å²) in [6, 6.07) is 19.6. The van der Waals surface area contributed by atoms with E-state index in [0.717, 1.165) is 41.8 Å². The molecular weight excluding hydrogens is 380 g/mol. The Kier molecular flexibility index (Phi) is 5.08. The number of urea groups is 1. The standard InChI is InChI=1S/C23H24N4O3/c28-22-21(30-22)18-6-2-4-8-20(18)25-23(29)27-13-11-26(12-14-27)15-17-10-9-16-5-1-3-7-19(16)24-17/h1-10,21-22,28H,11-15H2,(H,25,29). The number of piperazine rings is 1. The van der Waals surface area contributed by atoms with Gasteiger partial charge in [-0.05, 0) is 18.2 Å². The van der Waals surface area contributed by atoms with Crippen molar-refractivity contribution in [2.75, 3.05) is 31.5 Å². The van der Waals surface area contributed by atoms with E-state index in [1.807, 2.05) is 47.4 Å². The molecule has 0 bridgehead atoms. The van der Waals surface area contributed by atoms with Gasteiger partial charge in [0.1, 0.15) is 6.10 Å². The summed E-state index contributed by atoms with van der Waals surface area (Å²) in [6.07, 6.45) is -1.14. The van der Waals surface area contributed by atoms with Crippen LogP contribution in [-0.2, 0) is 11.3 Å². The number of fused-ring (bicyclic) bond motifs is 1. The Morgan fingerprint density at radius 2 is 1.77 bits per heavy atom. The number of anilines is 1. The molecule has 30 heavy (non-hydrogen) atoms. The third-order valence-corrected chi connectivity index (χ3v) is 5.68. The van der Waals surface area contributed by atoms with Gasteiger partial charge in [0.2, 0.25) is 0 Å². The lowest BCUT2D eigenvalue weighted by Gasteiger charge is -2.34. The highest BCUT2D eigenvalue weighted by molar-refractivity contribution is 5.90. The van der Waals surface area contributed by atoms with Crippen LogP contribution in [0.4, 0.5) is 10.5 Å². The van der Waals surface area contributed by atoms with Gasteiger partial charge in [-0.15, -0.1) is 0 Å². The number of hydrogen-bond acceptors (Lipinski definition) is 5. The summed E-state index contributed by atoms with van der Waals surface area (Å²) in [7, 11) is 0. The summed E-state index contributed by atoms with van der Waals surface area (Å²) in [6.45, 7) is 3.69. The van der Waals surface area contributed by atoms with E-state index < -0.39 is 6.29 Å². The third-order valence-electron chi connectivity index (χ3n) is 5.68. The van der Waals surface area contributed by atoms with E-state index in [1.165, 1.54) is 0 Å². The second-order valence-electron chi connectivity index (χ2n) is 7.72. The van der Waals surface area contributed by atoms with Crippen LogP contribution in [0.2, 0.25) is 0 Å². The number of nitrogens with one attached hydrogen (secondary N) is 1. The van der Waals surface area contributed by atoms with Crippen molar-refractivity contribution in [3.05, 3.63) is 71.9 Å². The molecule has 1 aromatic heterocycles. The maximum atomic E-state index is 12.7. The fourth-order valence-corrected chi connectivity index (χ4v) is 3.92. The molecule has 2 atom stereocenters. The molecule has 0 saturated carbocycles. The molecule has 154 valence electrons. The normalized spacial score (nSPS) is 21.6. The predicted octanol–water partition coefficient (Wildman–Crippen LogP) is 2.97. The Morgan fingerprint density at radius 1 is 1.03 bits per heavy atom. The molecule has 0 spiro atoms. The summed E-state index contributed by atoms with van der Waals surface area (Å²) in [5.41, 5.74) is 3.55. The van der Waals surface area contributed by atoms with E-state index in [0.29, 0.717) is 18.8 Å². The van der Waals surface area contributed by atoms with E-state index in [4.69, 9.17) is 9.72 Å². The number of aromatic nitrogens is 1. The summed E-state index contributed by atoms with van der Waals surface area (Å²) < 4.78 is 5.15. The Hall–Kier alpha value is -3.00. The van der Waals surface area contributed by atoms with Crippen molar-refractivity contribution < 1.29 is 14.6 Å². The van der Waals surface area contributed by atoms with Crippen molar-refractivity contribution in [2.45, 2.75) is 18.9 Å². The monoisotopic (exact) mass is 404 g/mol. The first kappa shape index (κ1) is 19.0. The van der Waals surface area contributed by atoms with Crippen molar-refractivity contribution in [2.24, 2.45) is 0 Å². The average molecular weight is 404 g/mol. The van der Waals surface area contributed by atoms with Crippen molar-refractivity contribution in [3.63, 3.8) is 0 Å². The second kappa shape index (κ2) is 8.02. The van der Waals surface area contributed by atoms with Crippen LogP contribution in [0.1, 0.15) is 17.4 Å². The minimum absolute atomic E-state index is 0.124. The van der Waals surface area contributed by atoms with Gasteiger partial charge >= 0.3 is 6.03 Å². The van der Waals surface area contributed by atoms with Gasteiger partial charge in [0.25, 0.3) is 0 Å². The number of ether oxygens (including phenoxy) is 1. The predicted molar refractivity (Wildman–Crippen MR) is 114 cm³/mol. The number of carbonyl (C=O) groups excluding carboxylic acids is 1. The fourth-order valence-electron chi connectivity index (χ4n) is 3.92. The molecule has 3 heterocycles. The van der Waals surface area contributed by atoms with Crippen LogP contribution in [0.15, 0.2) is 60.7 Å². The second-order valence-corrected chi connectivity index (χ2v) is 7.72. The first-order chi connectivity index (χ1) is 14.7. The summed E-state index contributed by atoms with van der Waals surface area (Å²) in [5, 5.41) is 13.7. The molecule has 2 aliphatic heterocycles. The number of nitrogens with zero attached hydrogens (tertiary/aromatic N) is 3. The largest absolute Gasteiger partial charge is 0.366 e. The van der Waals surface area contributed by atoms with Gasteiger partial charge in [0.15, 0.2) is 6.29 Å². The topological polar surface area (TPSA) is 81.2 Å². The van der Waals surface area contributed by atoms with Crippen molar-refractivity contribution in [1.82, 2.24) is 14.8 Å². The number of rotatable bonds is 4. The maximum absolute atomic E-state index is 12.7. The van der Waals surface area contributed by atoms with Crippen LogP contribution in [0.3, 0.4) is 0 Å². The molecule has 2 aromatic carbocycles. The van der Waals surface area contributed by atoms with E-state index in [1.54, 1.807) is 0 Å². The van der Waals surface area contributed by atoms with Crippen LogP contribution in [0, 0.1) is 0 Å². The number of aliphatic hydroxyl groups excluding tert-OH is 1. The molecule has 2 amide bonds. The highest BCUT2D eigenvalue weighted by Crippen LogP contribution is 2.40. The van der Waals surface area contributed by atoms with Crippen LogP contribution < -0.4 is 5.32 Å². The Balaban J connectivity index is 1.17. The summed E-state index contributed by atoms with van der Waals surface area (Å²) >= 11 is 0. The number of aliphatic hydroxyl groups is 1. The first-order valence-electron chi connectivity index (χ1n) is 10.2. The molecule has 0 aliphatic carbocycles. The number of benzene rings is 2. The van der Waals surface area contributed by atoms with Crippen LogP contribution in [0.5, 0.6) is 0 Å².